The first kappa shape index (κ1) is 70.3. The van der Waals surface area contributed by atoms with Gasteiger partial charge in [-0.2, -0.15) is 132 Å². The van der Waals surface area contributed by atoms with Gasteiger partial charge in [-0.25, -0.2) is 0 Å². The number of hydrogen-bond acceptors (Lipinski definition) is 2. The number of ketones is 1. The molecule has 480 valence electrons. The van der Waals surface area contributed by atoms with Gasteiger partial charge in [-0.15, -0.1) is 0 Å². The maximum absolute atomic E-state index is 14.2. The molecule has 1 aliphatic rings. The minimum absolute atomic E-state index is 0.168. The molecule has 6 aromatic rings. The van der Waals surface area contributed by atoms with Crippen LogP contribution in [-0.4, -0.2) is 16.9 Å². The van der Waals surface area contributed by atoms with E-state index in [1.165, 1.54) is 89.2 Å². The van der Waals surface area contributed by atoms with Crippen LogP contribution in [0.15, 0.2) is 122 Å². The zero-order valence-corrected chi connectivity index (χ0v) is 46.1. The molecule has 0 amide bonds. The van der Waals surface area contributed by atoms with Gasteiger partial charge in [0.2, 0.25) is 18.0 Å². The zero-order chi connectivity index (χ0) is 65.6. The Morgan fingerprint density at radius 1 is 0.432 bits per heavy atom. The number of hydrogen-bond donors (Lipinski definition) is 0. The Morgan fingerprint density at radius 3 is 1.05 bits per heavy atom. The Kier molecular flexibility index (Phi) is 21.7. The number of halogens is 24. The highest BCUT2D eigenvalue weighted by molar-refractivity contribution is 7.20. The SMILES string of the molecule is CCCCCCCCCCC1CCC(c2cncc[n+]2CC(=O)c2ccccc2)CC1.FC(F)(F)c1cc([B-](c2cc(C(F)(F)F)cc(C(F)(F)F)c2)(c2cc(C(F)(F)F)cc(C(F)(F)F)c2)c2cc(C(F)(F)F)cc(C(F)(F)F)c2)cc(C(F)(F)F)c1. The standard InChI is InChI=1S/C32H12BF24.C28H41N2O/c34-25(35,36)13-1-14(26(37,38)39)6-21(5-13)33(22-7-15(27(40,41)42)2-16(8-22)28(43,44)45,23-9-17(29(46,47)48)3-18(10-23)30(49,50)51)24-11-19(31(52,53)54)4-20(12-24)32(55,56)57;1-2-3-4-5-6-7-8-10-13-24-16-18-25(19-17-24)27-22-29-20-21-30(27)23-28(31)26-14-11-9-12-15-26/h1-12H;9,11-12,14-15,20-22,24-25H,2-8,10,13,16-19,23H2,1H3/q-1;+1. The van der Waals surface area contributed by atoms with Crippen LogP contribution in [0.5, 0.6) is 0 Å². The third-order valence-electron chi connectivity index (χ3n) is 15.5. The summed E-state index contributed by atoms with van der Waals surface area (Å²) in [6.45, 7) is 2.69. The highest BCUT2D eigenvalue weighted by Gasteiger charge is 2.47. The minimum atomic E-state index is -6.13. The number of benzene rings is 5. The summed E-state index contributed by atoms with van der Waals surface area (Å²) in [5.74, 6) is 1.60. The van der Waals surface area contributed by atoms with Gasteiger partial charge in [0.15, 0.2) is 6.20 Å². The summed E-state index contributed by atoms with van der Waals surface area (Å²) in [7, 11) is 0. The van der Waals surface area contributed by atoms with Crippen molar-refractivity contribution in [3.63, 3.8) is 0 Å². The van der Waals surface area contributed by atoms with E-state index in [0.717, 1.165) is 11.5 Å². The lowest BCUT2D eigenvalue weighted by molar-refractivity contribution is -0.692. The van der Waals surface area contributed by atoms with Crippen molar-refractivity contribution in [3.05, 3.63) is 177 Å². The first-order valence-corrected chi connectivity index (χ1v) is 27.3. The summed E-state index contributed by atoms with van der Waals surface area (Å²) in [6.07, 6.45) is -31.3. The second kappa shape index (κ2) is 27.1. The number of carbonyl (C=O) groups excluding carboxylic acids is 1. The third-order valence-corrected chi connectivity index (χ3v) is 15.5. The lowest BCUT2D eigenvalue weighted by Crippen LogP contribution is -2.75. The number of alkyl halides is 24. The van der Waals surface area contributed by atoms with E-state index in [9.17, 15) is 110 Å². The van der Waals surface area contributed by atoms with Crippen molar-refractivity contribution >= 4 is 33.8 Å². The van der Waals surface area contributed by atoms with Crippen molar-refractivity contribution in [2.24, 2.45) is 5.92 Å². The van der Waals surface area contributed by atoms with Crippen LogP contribution < -0.4 is 26.4 Å². The van der Waals surface area contributed by atoms with E-state index in [4.69, 9.17) is 0 Å². The van der Waals surface area contributed by atoms with Crippen molar-refractivity contribution < 1.29 is 115 Å². The molecule has 0 spiro atoms. The van der Waals surface area contributed by atoms with E-state index in [2.05, 4.69) is 16.5 Å². The van der Waals surface area contributed by atoms with Crippen molar-refractivity contribution in [1.29, 1.82) is 0 Å². The molecule has 7 rings (SSSR count). The largest absolute Gasteiger partial charge is 0.416 e. The molecule has 1 fully saturated rings. The van der Waals surface area contributed by atoms with Gasteiger partial charge < -0.3 is 0 Å². The molecule has 0 atom stereocenters. The van der Waals surface area contributed by atoms with E-state index in [1.807, 2.05) is 42.7 Å². The Labute approximate surface area is 488 Å². The number of carbonyl (C=O) groups is 1. The number of unbranched alkanes of at least 4 members (excludes halogenated alkanes) is 7. The van der Waals surface area contributed by atoms with Crippen LogP contribution in [0.2, 0.25) is 0 Å². The van der Waals surface area contributed by atoms with Crippen LogP contribution >= 0.6 is 0 Å². The van der Waals surface area contributed by atoms with Gasteiger partial charge >= 0.3 is 49.4 Å². The molecule has 0 saturated heterocycles. The summed E-state index contributed by atoms with van der Waals surface area (Å²) >= 11 is 0. The summed E-state index contributed by atoms with van der Waals surface area (Å²) in [4.78, 5) is 17.1. The van der Waals surface area contributed by atoms with E-state index in [1.54, 1.807) is 6.20 Å². The van der Waals surface area contributed by atoms with Gasteiger partial charge in [-0.3, -0.25) is 9.78 Å². The Hall–Kier alpha value is -6.77. The van der Waals surface area contributed by atoms with E-state index in [0.29, 0.717) is 12.5 Å². The molecule has 1 saturated carbocycles. The van der Waals surface area contributed by atoms with Gasteiger partial charge in [0.1, 0.15) is 6.15 Å². The fourth-order valence-electron chi connectivity index (χ4n) is 11.1. The normalized spacial score (nSPS) is 15.9. The summed E-state index contributed by atoms with van der Waals surface area (Å²) in [5.41, 5.74) is -28.2. The lowest BCUT2D eigenvalue weighted by atomic mass is 9.12. The molecule has 1 heterocycles. The molecule has 5 aromatic carbocycles. The van der Waals surface area contributed by atoms with Gasteiger partial charge in [-0.05, 0) is 55.9 Å². The van der Waals surface area contributed by atoms with Crippen molar-refractivity contribution in [2.45, 2.75) is 152 Å². The monoisotopic (exact) mass is 1280 g/mol. The molecule has 1 aliphatic carbocycles. The van der Waals surface area contributed by atoms with E-state index < -0.39 is 195 Å². The molecule has 28 heteroatoms. The molecule has 0 unspecified atom stereocenters. The van der Waals surface area contributed by atoms with Crippen molar-refractivity contribution in [1.82, 2.24) is 4.98 Å². The van der Waals surface area contributed by atoms with Crippen LogP contribution in [0.25, 0.3) is 0 Å². The second-order valence-corrected chi connectivity index (χ2v) is 21.6. The van der Waals surface area contributed by atoms with E-state index >= 15 is 0 Å². The molecule has 3 nitrogen and oxygen atoms in total. The first-order chi connectivity index (χ1) is 40.5. The Balaban J connectivity index is 0.000000334. The summed E-state index contributed by atoms with van der Waals surface area (Å²) in [5, 5.41) is 0. The molecular weight excluding hydrogens is 1230 g/mol. The van der Waals surface area contributed by atoms with Crippen LogP contribution in [0.3, 0.4) is 0 Å². The maximum Gasteiger partial charge on any atom is 0.416 e. The molecule has 0 aliphatic heterocycles. The molecular formula is C60H53BF24N2O. The first-order valence-electron chi connectivity index (χ1n) is 27.3. The molecule has 0 bridgehead atoms. The number of rotatable bonds is 17. The number of nitrogens with zero attached hydrogens (tertiary/aromatic N) is 2. The number of aromatic nitrogens is 2. The smallest absolute Gasteiger partial charge is 0.287 e. The predicted molar refractivity (Wildman–Crippen MR) is 277 cm³/mol. The van der Waals surface area contributed by atoms with E-state index in [-0.39, 0.29) is 5.78 Å². The minimum Gasteiger partial charge on any atom is -0.287 e. The van der Waals surface area contributed by atoms with Crippen LogP contribution in [-0.2, 0) is 56.0 Å². The zero-order valence-electron chi connectivity index (χ0n) is 46.1. The van der Waals surface area contributed by atoms with Gasteiger partial charge in [0.25, 0.3) is 0 Å². The van der Waals surface area contributed by atoms with Gasteiger partial charge in [0.05, 0.1) is 56.9 Å². The molecule has 1 aromatic heterocycles. The summed E-state index contributed by atoms with van der Waals surface area (Å²) < 4.78 is 343. The van der Waals surface area contributed by atoms with Gasteiger partial charge in [-0.1, -0.05) is 144 Å². The molecule has 88 heavy (non-hydrogen) atoms. The van der Waals surface area contributed by atoms with Gasteiger partial charge in [0, 0.05) is 11.5 Å². The fraction of sp³-hybridized carbons (Fsp3) is 0.417. The number of Topliss-reactive ketones (excluding diaryl/α,β-unsaturated/α-hetero) is 1. The highest BCUT2D eigenvalue weighted by Crippen LogP contribution is 2.42. The average molecular weight is 1280 g/mol. The van der Waals surface area contributed by atoms with Crippen molar-refractivity contribution in [2.75, 3.05) is 0 Å². The highest BCUT2D eigenvalue weighted by atomic mass is 19.4. The molecule has 0 N–H and O–H groups in total. The third kappa shape index (κ3) is 18.0. The van der Waals surface area contributed by atoms with Crippen LogP contribution in [0.4, 0.5) is 105 Å². The second-order valence-electron chi connectivity index (χ2n) is 21.6. The van der Waals surface area contributed by atoms with Crippen LogP contribution in [0.1, 0.15) is 157 Å². The topological polar surface area (TPSA) is 33.8 Å². The Morgan fingerprint density at radius 2 is 0.739 bits per heavy atom. The maximum atomic E-state index is 14.2. The summed E-state index contributed by atoms with van der Waals surface area (Å²) in [6, 6.07) is 0.807. The Bertz CT molecular complexity index is 2870. The lowest BCUT2D eigenvalue weighted by Gasteiger charge is -2.46. The fourth-order valence-corrected chi connectivity index (χ4v) is 11.1. The predicted octanol–water partition coefficient (Wildman–Crippen LogP) is 18.3. The van der Waals surface area contributed by atoms with Crippen LogP contribution in [0, 0.1) is 5.92 Å². The molecule has 0 radical (unpaired) electrons. The average Bonchev–Trinajstić information content (AvgIpc) is 0.760. The quantitative estimate of drug-likeness (QED) is 0.0300. The van der Waals surface area contributed by atoms with Crippen molar-refractivity contribution in [3.8, 4) is 0 Å².